The number of ether oxygens (including phenoxy) is 1. The number of halogens is 2. The molecule has 5 heteroatoms. The minimum Gasteiger partial charge on any atom is -0.377 e. The summed E-state index contributed by atoms with van der Waals surface area (Å²) in [4.78, 5) is 14.0. The van der Waals surface area contributed by atoms with Crippen LogP contribution in [0, 0.1) is 12.7 Å². The van der Waals surface area contributed by atoms with Gasteiger partial charge in [0.15, 0.2) is 0 Å². The first-order chi connectivity index (χ1) is 8.63. The number of carbonyl (C=O) groups excluding carboxylic acids is 1. The molecule has 1 aliphatic rings. The molecule has 1 aromatic carbocycles. The van der Waals surface area contributed by atoms with Gasteiger partial charge in [0, 0.05) is 11.9 Å². The second-order valence-corrected chi connectivity index (χ2v) is 5.01. The Hall–Kier alpha value is -0.940. The number of nitrogens with zero attached hydrogens (tertiary/aromatic N) is 1. The Kier molecular flexibility index (Phi) is 4.35. The Labute approximate surface area is 114 Å². The summed E-state index contributed by atoms with van der Waals surface area (Å²) in [6.45, 7) is 3.34. The lowest BCUT2D eigenvalue weighted by molar-refractivity contribution is 0.00499. The molecule has 1 saturated heterocycles. The number of benzene rings is 1. The van der Waals surface area contributed by atoms with Crippen molar-refractivity contribution >= 4 is 21.8 Å². The van der Waals surface area contributed by atoms with Crippen molar-refractivity contribution < 1.29 is 13.9 Å². The number of amides is 1. The Morgan fingerprint density at radius 1 is 1.61 bits per heavy atom. The van der Waals surface area contributed by atoms with Crippen LogP contribution < -0.4 is 0 Å². The number of rotatable bonds is 2. The zero-order chi connectivity index (χ0) is 13.1. The van der Waals surface area contributed by atoms with E-state index in [1.54, 1.807) is 17.0 Å². The van der Waals surface area contributed by atoms with Gasteiger partial charge in [-0.1, -0.05) is 27.6 Å². The Bertz CT molecular complexity index is 453. The van der Waals surface area contributed by atoms with E-state index in [2.05, 4.69) is 15.9 Å². The van der Waals surface area contributed by atoms with Crippen molar-refractivity contribution in [2.45, 2.75) is 13.0 Å². The average Bonchev–Trinajstić information content (AvgIpc) is 2.40. The van der Waals surface area contributed by atoms with Crippen molar-refractivity contribution in [2.75, 3.05) is 25.1 Å². The summed E-state index contributed by atoms with van der Waals surface area (Å²) in [7, 11) is 0. The van der Waals surface area contributed by atoms with Crippen molar-refractivity contribution in [3.05, 3.63) is 35.1 Å². The Morgan fingerprint density at radius 2 is 2.39 bits per heavy atom. The van der Waals surface area contributed by atoms with E-state index in [1.807, 2.05) is 6.92 Å². The summed E-state index contributed by atoms with van der Waals surface area (Å²) in [6, 6.07) is 4.56. The third kappa shape index (κ3) is 2.72. The van der Waals surface area contributed by atoms with Gasteiger partial charge in [-0.25, -0.2) is 4.39 Å². The highest BCUT2D eigenvalue weighted by atomic mass is 79.9. The van der Waals surface area contributed by atoms with Crippen LogP contribution in [0.2, 0.25) is 0 Å². The van der Waals surface area contributed by atoms with Crippen LogP contribution in [0.15, 0.2) is 18.2 Å². The second-order valence-electron chi connectivity index (χ2n) is 4.36. The SMILES string of the molecule is Cc1ccc(F)c(C(=O)N2CCOCC2CBr)c1. The van der Waals surface area contributed by atoms with Gasteiger partial charge in [-0.3, -0.25) is 4.79 Å². The number of morpholine rings is 1. The van der Waals surface area contributed by atoms with Gasteiger partial charge in [-0.2, -0.15) is 0 Å². The number of hydrogen-bond donors (Lipinski definition) is 0. The van der Waals surface area contributed by atoms with E-state index in [9.17, 15) is 9.18 Å². The maximum absolute atomic E-state index is 13.7. The summed E-state index contributed by atoms with van der Waals surface area (Å²) >= 11 is 3.36. The van der Waals surface area contributed by atoms with Crippen LogP contribution in [-0.2, 0) is 4.74 Å². The lowest BCUT2D eigenvalue weighted by Crippen LogP contribution is -2.49. The van der Waals surface area contributed by atoms with E-state index < -0.39 is 5.82 Å². The van der Waals surface area contributed by atoms with E-state index in [0.717, 1.165) is 5.56 Å². The normalized spacial score (nSPS) is 19.9. The van der Waals surface area contributed by atoms with Gasteiger partial charge in [-0.05, 0) is 19.1 Å². The van der Waals surface area contributed by atoms with Crippen molar-refractivity contribution in [1.29, 1.82) is 0 Å². The maximum atomic E-state index is 13.7. The molecular weight excluding hydrogens is 301 g/mol. The molecule has 1 heterocycles. The molecule has 0 saturated carbocycles. The average molecular weight is 316 g/mol. The van der Waals surface area contributed by atoms with Crippen LogP contribution in [0.5, 0.6) is 0 Å². The Morgan fingerprint density at radius 3 is 3.11 bits per heavy atom. The first-order valence-corrected chi connectivity index (χ1v) is 6.96. The molecular formula is C13H15BrFNO2. The molecule has 0 N–H and O–H groups in total. The van der Waals surface area contributed by atoms with Crippen molar-refractivity contribution in [3.63, 3.8) is 0 Å². The molecule has 0 aliphatic carbocycles. The van der Waals surface area contributed by atoms with Crippen molar-refractivity contribution in [1.82, 2.24) is 4.90 Å². The molecule has 0 radical (unpaired) electrons. The molecule has 0 aromatic heterocycles. The fourth-order valence-corrected chi connectivity index (χ4v) is 2.54. The molecule has 1 atom stereocenters. The molecule has 1 aliphatic heterocycles. The summed E-state index contributed by atoms with van der Waals surface area (Å²) in [5.74, 6) is -0.727. The first-order valence-electron chi connectivity index (χ1n) is 5.84. The molecule has 0 bridgehead atoms. The van der Waals surface area contributed by atoms with Gasteiger partial charge in [0.1, 0.15) is 5.82 Å². The smallest absolute Gasteiger partial charge is 0.257 e. The predicted molar refractivity (Wildman–Crippen MR) is 70.6 cm³/mol. The summed E-state index contributed by atoms with van der Waals surface area (Å²) in [5, 5.41) is 0.631. The van der Waals surface area contributed by atoms with E-state index in [4.69, 9.17) is 4.74 Å². The van der Waals surface area contributed by atoms with Gasteiger partial charge in [0.2, 0.25) is 0 Å². The quantitative estimate of drug-likeness (QED) is 0.784. The summed E-state index contributed by atoms with van der Waals surface area (Å²) in [6.07, 6.45) is 0. The highest BCUT2D eigenvalue weighted by Crippen LogP contribution is 2.17. The van der Waals surface area contributed by atoms with Gasteiger partial charge in [0.05, 0.1) is 24.8 Å². The topological polar surface area (TPSA) is 29.5 Å². The standard InChI is InChI=1S/C13H15BrFNO2/c1-9-2-3-12(15)11(6-9)13(17)16-4-5-18-8-10(16)7-14/h2-3,6,10H,4-5,7-8H2,1H3. The van der Waals surface area contributed by atoms with Crippen LogP contribution in [0.3, 0.4) is 0 Å². The number of aryl methyl sites for hydroxylation is 1. The molecule has 98 valence electrons. The zero-order valence-corrected chi connectivity index (χ0v) is 11.7. The highest BCUT2D eigenvalue weighted by molar-refractivity contribution is 9.09. The van der Waals surface area contributed by atoms with Gasteiger partial charge >= 0.3 is 0 Å². The minimum atomic E-state index is -0.467. The summed E-state index contributed by atoms with van der Waals surface area (Å²) in [5.41, 5.74) is 1.02. The largest absolute Gasteiger partial charge is 0.377 e. The lowest BCUT2D eigenvalue weighted by Gasteiger charge is -2.34. The molecule has 1 fully saturated rings. The molecule has 0 spiro atoms. The van der Waals surface area contributed by atoms with E-state index in [1.165, 1.54) is 6.07 Å². The minimum absolute atomic E-state index is 0.0360. The monoisotopic (exact) mass is 315 g/mol. The fraction of sp³-hybridized carbons (Fsp3) is 0.462. The third-order valence-corrected chi connectivity index (χ3v) is 3.77. The number of hydrogen-bond acceptors (Lipinski definition) is 2. The van der Waals surface area contributed by atoms with Crippen molar-refractivity contribution in [2.24, 2.45) is 0 Å². The van der Waals surface area contributed by atoms with Crippen LogP contribution >= 0.6 is 15.9 Å². The van der Waals surface area contributed by atoms with Crippen LogP contribution in [0.1, 0.15) is 15.9 Å². The fourth-order valence-electron chi connectivity index (χ4n) is 2.01. The molecule has 3 nitrogen and oxygen atoms in total. The van der Waals surface area contributed by atoms with Crippen molar-refractivity contribution in [3.8, 4) is 0 Å². The van der Waals surface area contributed by atoms with E-state index in [0.29, 0.717) is 25.1 Å². The lowest BCUT2D eigenvalue weighted by atomic mass is 10.1. The van der Waals surface area contributed by atoms with Gasteiger partial charge in [-0.15, -0.1) is 0 Å². The van der Waals surface area contributed by atoms with E-state index in [-0.39, 0.29) is 17.5 Å². The van der Waals surface area contributed by atoms with E-state index >= 15 is 0 Å². The molecule has 1 aromatic rings. The maximum Gasteiger partial charge on any atom is 0.257 e. The number of alkyl halides is 1. The predicted octanol–water partition coefficient (Wildman–Crippen LogP) is 2.37. The molecule has 1 amide bonds. The second kappa shape index (κ2) is 5.80. The van der Waals surface area contributed by atoms with Gasteiger partial charge in [0.25, 0.3) is 5.91 Å². The first kappa shape index (κ1) is 13.5. The molecule has 1 unspecified atom stereocenters. The molecule has 18 heavy (non-hydrogen) atoms. The number of carbonyl (C=O) groups is 1. The Balaban J connectivity index is 2.26. The van der Waals surface area contributed by atoms with Crippen LogP contribution in [-0.4, -0.2) is 41.9 Å². The highest BCUT2D eigenvalue weighted by Gasteiger charge is 2.28. The van der Waals surface area contributed by atoms with Crippen LogP contribution in [0.4, 0.5) is 4.39 Å². The third-order valence-electron chi connectivity index (χ3n) is 3.02. The summed E-state index contributed by atoms with van der Waals surface area (Å²) < 4.78 is 19.0. The molecule has 2 rings (SSSR count). The van der Waals surface area contributed by atoms with Gasteiger partial charge < -0.3 is 9.64 Å². The van der Waals surface area contributed by atoms with Crippen LogP contribution in [0.25, 0.3) is 0 Å². The zero-order valence-electron chi connectivity index (χ0n) is 10.2.